The molecule has 4 heteroatoms. The van der Waals surface area contributed by atoms with Crippen LogP contribution in [-0.4, -0.2) is 34.9 Å². The molecule has 0 bridgehead atoms. The first-order valence-electron chi connectivity index (χ1n) is 7.75. The Kier molecular flexibility index (Phi) is 8.07. The van der Waals surface area contributed by atoms with E-state index in [0.717, 1.165) is 0 Å². The Bertz CT molecular complexity index is 246. The van der Waals surface area contributed by atoms with Crippen molar-refractivity contribution in [2.24, 2.45) is 5.92 Å². The summed E-state index contributed by atoms with van der Waals surface area (Å²) in [6.07, 6.45) is 10.7. The molecule has 0 amide bonds. The number of aliphatic carboxylic acids is 1. The second-order valence-electron chi connectivity index (χ2n) is 5.88. The first-order chi connectivity index (χ1) is 9.11. The molecule has 1 aliphatic carbocycles. The second kappa shape index (κ2) is 9.32. The van der Waals surface area contributed by atoms with Gasteiger partial charge in [-0.15, -0.1) is 0 Å². The van der Waals surface area contributed by atoms with Crippen molar-refractivity contribution in [3.05, 3.63) is 0 Å². The average molecular weight is 271 g/mol. The van der Waals surface area contributed by atoms with Gasteiger partial charge in [0.05, 0.1) is 6.10 Å². The number of carboxylic acids is 1. The van der Waals surface area contributed by atoms with Gasteiger partial charge >= 0.3 is 5.97 Å². The quantitative estimate of drug-likeness (QED) is 0.718. The van der Waals surface area contributed by atoms with E-state index in [9.17, 15) is 9.90 Å². The minimum Gasteiger partial charge on any atom is -0.480 e. The van der Waals surface area contributed by atoms with Crippen LogP contribution in [0.3, 0.4) is 0 Å². The number of aliphatic hydroxyl groups excluding tert-OH is 1. The third-order valence-corrected chi connectivity index (χ3v) is 4.10. The summed E-state index contributed by atoms with van der Waals surface area (Å²) in [5, 5.41) is 21.5. The fourth-order valence-corrected chi connectivity index (χ4v) is 2.86. The number of hydrogen-bond acceptors (Lipinski definition) is 3. The Morgan fingerprint density at radius 3 is 2.00 bits per heavy atom. The van der Waals surface area contributed by atoms with Crippen LogP contribution in [0, 0.1) is 5.92 Å². The maximum Gasteiger partial charge on any atom is 0.323 e. The average Bonchev–Trinajstić information content (AvgIpc) is 2.36. The highest BCUT2D eigenvalue weighted by Gasteiger charge is 2.23. The van der Waals surface area contributed by atoms with Crippen LogP contribution in [0.5, 0.6) is 0 Å². The van der Waals surface area contributed by atoms with E-state index >= 15 is 0 Å². The van der Waals surface area contributed by atoms with Crippen LogP contribution in [0.15, 0.2) is 0 Å². The first kappa shape index (κ1) is 16.4. The topological polar surface area (TPSA) is 69.6 Å². The summed E-state index contributed by atoms with van der Waals surface area (Å²) in [4.78, 5) is 11.0. The molecule has 4 nitrogen and oxygen atoms in total. The smallest absolute Gasteiger partial charge is 0.323 e. The molecule has 0 aromatic heterocycles. The molecule has 0 saturated heterocycles. The van der Waals surface area contributed by atoms with E-state index < -0.39 is 18.1 Å². The van der Waals surface area contributed by atoms with Gasteiger partial charge in [0, 0.05) is 0 Å². The van der Waals surface area contributed by atoms with Gasteiger partial charge in [0.15, 0.2) is 0 Å². The molecule has 2 unspecified atom stereocenters. The summed E-state index contributed by atoms with van der Waals surface area (Å²) in [7, 11) is 0. The van der Waals surface area contributed by atoms with Gasteiger partial charge in [0.1, 0.15) is 6.04 Å². The van der Waals surface area contributed by atoms with Crippen molar-refractivity contribution in [2.45, 2.75) is 76.9 Å². The standard InChI is InChI=1S/C15H29NO3/c1-12(17)14(15(18)19)16-11-13-9-7-5-3-2-4-6-8-10-13/h12-14,16-17H,2-11H2,1H3,(H,18,19). The zero-order valence-electron chi connectivity index (χ0n) is 12.1. The summed E-state index contributed by atoms with van der Waals surface area (Å²) >= 11 is 0. The van der Waals surface area contributed by atoms with Crippen LogP contribution >= 0.6 is 0 Å². The summed E-state index contributed by atoms with van der Waals surface area (Å²) < 4.78 is 0. The molecule has 19 heavy (non-hydrogen) atoms. The Morgan fingerprint density at radius 1 is 1.11 bits per heavy atom. The molecule has 0 radical (unpaired) electrons. The maximum absolute atomic E-state index is 11.0. The van der Waals surface area contributed by atoms with Crippen LogP contribution in [-0.2, 0) is 4.79 Å². The third kappa shape index (κ3) is 6.92. The first-order valence-corrected chi connectivity index (χ1v) is 7.75. The molecule has 0 spiro atoms. The number of hydrogen-bond donors (Lipinski definition) is 3. The minimum atomic E-state index is -0.963. The van der Waals surface area contributed by atoms with Crippen LogP contribution in [0.4, 0.5) is 0 Å². The SMILES string of the molecule is CC(O)C(NCC1CCCCCCCCC1)C(=O)O. The van der Waals surface area contributed by atoms with Gasteiger partial charge < -0.3 is 15.5 Å². The lowest BCUT2D eigenvalue weighted by molar-refractivity contribution is -0.142. The van der Waals surface area contributed by atoms with Gasteiger partial charge in [-0.2, -0.15) is 0 Å². The van der Waals surface area contributed by atoms with Crippen molar-refractivity contribution in [2.75, 3.05) is 6.54 Å². The van der Waals surface area contributed by atoms with Crippen molar-refractivity contribution in [1.29, 1.82) is 0 Å². The molecular weight excluding hydrogens is 242 g/mol. The van der Waals surface area contributed by atoms with Crippen molar-refractivity contribution in [3.8, 4) is 0 Å². The highest BCUT2D eigenvalue weighted by atomic mass is 16.4. The zero-order valence-corrected chi connectivity index (χ0v) is 12.1. The van der Waals surface area contributed by atoms with Crippen LogP contribution in [0.2, 0.25) is 0 Å². The van der Waals surface area contributed by atoms with E-state index in [2.05, 4.69) is 5.32 Å². The van der Waals surface area contributed by atoms with Gasteiger partial charge in [-0.3, -0.25) is 4.79 Å². The summed E-state index contributed by atoms with van der Waals surface area (Å²) in [6.45, 7) is 2.24. The molecule has 2 atom stereocenters. The molecule has 3 N–H and O–H groups in total. The Hall–Kier alpha value is -0.610. The Labute approximate surface area is 116 Å². The third-order valence-electron chi connectivity index (χ3n) is 4.10. The van der Waals surface area contributed by atoms with Crippen molar-refractivity contribution < 1.29 is 15.0 Å². The van der Waals surface area contributed by atoms with E-state index in [1.165, 1.54) is 64.7 Å². The normalized spacial score (nSPS) is 22.6. The fourth-order valence-electron chi connectivity index (χ4n) is 2.86. The monoisotopic (exact) mass is 271 g/mol. The Morgan fingerprint density at radius 2 is 1.58 bits per heavy atom. The highest BCUT2D eigenvalue weighted by molar-refractivity contribution is 5.74. The van der Waals surface area contributed by atoms with E-state index in [4.69, 9.17) is 5.11 Å². The van der Waals surface area contributed by atoms with Crippen molar-refractivity contribution in [3.63, 3.8) is 0 Å². The van der Waals surface area contributed by atoms with Gasteiger partial charge in [0.25, 0.3) is 0 Å². The molecule has 0 aliphatic heterocycles. The lowest BCUT2D eigenvalue weighted by Gasteiger charge is -2.23. The highest BCUT2D eigenvalue weighted by Crippen LogP contribution is 2.21. The van der Waals surface area contributed by atoms with E-state index in [1.807, 2.05) is 0 Å². The zero-order chi connectivity index (χ0) is 14.1. The molecule has 1 saturated carbocycles. The maximum atomic E-state index is 11.0. The lowest BCUT2D eigenvalue weighted by atomic mass is 9.92. The lowest BCUT2D eigenvalue weighted by Crippen LogP contribution is -2.46. The molecule has 0 heterocycles. The second-order valence-corrected chi connectivity index (χ2v) is 5.88. The Balaban J connectivity index is 2.36. The summed E-state index contributed by atoms with van der Waals surface area (Å²) in [5.74, 6) is -0.409. The predicted molar refractivity (Wildman–Crippen MR) is 76.2 cm³/mol. The van der Waals surface area contributed by atoms with Crippen molar-refractivity contribution in [1.82, 2.24) is 5.32 Å². The summed E-state index contributed by atoms with van der Waals surface area (Å²) in [5.41, 5.74) is 0. The van der Waals surface area contributed by atoms with Crippen LogP contribution in [0.1, 0.15) is 64.7 Å². The van der Waals surface area contributed by atoms with Gasteiger partial charge in [-0.1, -0.05) is 44.9 Å². The molecule has 112 valence electrons. The molecule has 1 rings (SSSR count). The van der Waals surface area contributed by atoms with Crippen LogP contribution in [0.25, 0.3) is 0 Å². The largest absolute Gasteiger partial charge is 0.480 e. The number of rotatable bonds is 5. The molecular formula is C15H29NO3. The van der Waals surface area contributed by atoms with Gasteiger partial charge in [-0.25, -0.2) is 0 Å². The van der Waals surface area contributed by atoms with Crippen LogP contribution < -0.4 is 5.32 Å². The fraction of sp³-hybridized carbons (Fsp3) is 0.933. The molecule has 0 aromatic rings. The number of nitrogens with one attached hydrogen (secondary N) is 1. The minimum absolute atomic E-state index is 0.554. The van der Waals surface area contributed by atoms with Gasteiger partial charge in [0.2, 0.25) is 0 Å². The number of carboxylic acid groups (broad SMARTS) is 1. The summed E-state index contributed by atoms with van der Waals surface area (Å²) in [6, 6.07) is -0.838. The molecule has 1 fully saturated rings. The van der Waals surface area contributed by atoms with E-state index in [0.29, 0.717) is 12.5 Å². The number of aliphatic hydroxyl groups is 1. The molecule has 0 aromatic carbocycles. The van der Waals surface area contributed by atoms with E-state index in [1.54, 1.807) is 0 Å². The predicted octanol–water partition coefficient (Wildman–Crippen LogP) is 2.55. The van der Waals surface area contributed by atoms with E-state index in [-0.39, 0.29) is 0 Å². The van der Waals surface area contributed by atoms with Crippen molar-refractivity contribution >= 4 is 5.97 Å². The number of carbonyl (C=O) groups is 1. The molecule has 1 aliphatic rings. The van der Waals surface area contributed by atoms with Gasteiger partial charge in [-0.05, 0) is 32.2 Å².